The van der Waals surface area contributed by atoms with Gasteiger partial charge < -0.3 is 15.3 Å². The first kappa shape index (κ1) is 15.5. The fourth-order valence-corrected chi connectivity index (χ4v) is 3.38. The van der Waals surface area contributed by atoms with Crippen molar-refractivity contribution in [3.8, 4) is 10.6 Å². The molecule has 0 unspecified atom stereocenters. The van der Waals surface area contributed by atoms with Crippen LogP contribution in [0.15, 0.2) is 35.3 Å². The van der Waals surface area contributed by atoms with Gasteiger partial charge in [0.25, 0.3) is 5.91 Å². The topological polar surface area (TPSA) is 90.6 Å². The number of carbonyl (C=O) groups is 1. The Morgan fingerprint density at radius 1 is 1.39 bits per heavy atom. The Kier molecular flexibility index (Phi) is 4.31. The molecule has 1 amide bonds. The van der Waals surface area contributed by atoms with Gasteiger partial charge >= 0.3 is 5.69 Å². The lowest BCUT2D eigenvalue weighted by Gasteiger charge is -2.01. The van der Waals surface area contributed by atoms with Crippen LogP contribution in [0.1, 0.15) is 21.1 Å². The van der Waals surface area contributed by atoms with Gasteiger partial charge in [-0.3, -0.25) is 4.79 Å². The zero-order valence-electron chi connectivity index (χ0n) is 12.1. The fraction of sp³-hybridized carbons (Fsp3) is 0.133. The molecule has 8 heteroatoms. The molecule has 6 nitrogen and oxygen atoms in total. The van der Waals surface area contributed by atoms with Crippen molar-refractivity contribution >= 4 is 28.8 Å². The molecule has 23 heavy (non-hydrogen) atoms. The number of hydrogen-bond acceptors (Lipinski definition) is 4. The number of hydrogen-bond donors (Lipinski definition) is 3. The summed E-state index contributed by atoms with van der Waals surface area (Å²) in [6, 6.07) is 7.50. The highest BCUT2D eigenvalue weighted by molar-refractivity contribution is 7.15. The lowest BCUT2D eigenvalue weighted by atomic mass is 10.2. The summed E-state index contributed by atoms with van der Waals surface area (Å²) in [4.78, 5) is 33.2. The fourth-order valence-electron chi connectivity index (χ4n) is 2.05. The number of aromatic nitrogens is 3. The minimum absolute atomic E-state index is 0.198. The van der Waals surface area contributed by atoms with E-state index in [1.807, 2.05) is 31.2 Å². The predicted octanol–water partition coefficient (Wildman–Crippen LogP) is 2.72. The Bertz CT molecular complexity index is 912. The minimum Gasteiger partial charge on any atom is -0.346 e. The molecule has 0 radical (unpaired) electrons. The predicted molar refractivity (Wildman–Crippen MR) is 89.9 cm³/mol. The molecular formula is C15H13ClN4O2S. The summed E-state index contributed by atoms with van der Waals surface area (Å²) in [5.74, 6) is -0.351. The maximum Gasteiger partial charge on any atom is 0.323 e. The third-order valence-corrected chi connectivity index (χ3v) is 4.77. The Hall–Kier alpha value is -2.38. The van der Waals surface area contributed by atoms with Gasteiger partial charge in [0.05, 0.1) is 17.3 Å². The molecule has 1 aromatic carbocycles. The molecule has 0 bridgehead atoms. The molecular weight excluding hydrogens is 336 g/mol. The van der Waals surface area contributed by atoms with Crippen LogP contribution < -0.4 is 11.0 Å². The largest absolute Gasteiger partial charge is 0.346 e. The van der Waals surface area contributed by atoms with Crippen molar-refractivity contribution in [3.05, 3.63) is 62.2 Å². The number of carbonyl (C=O) groups excluding carboxylic acids is 1. The van der Waals surface area contributed by atoms with Crippen LogP contribution in [0.25, 0.3) is 10.6 Å². The van der Waals surface area contributed by atoms with Crippen LogP contribution >= 0.6 is 22.9 Å². The second kappa shape index (κ2) is 6.39. The van der Waals surface area contributed by atoms with Gasteiger partial charge in [-0.25, -0.2) is 9.78 Å². The summed E-state index contributed by atoms with van der Waals surface area (Å²) in [6.45, 7) is 2.22. The smallest absolute Gasteiger partial charge is 0.323 e. The van der Waals surface area contributed by atoms with Crippen LogP contribution in [0.5, 0.6) is 0 Å². The number of nitrogens with zero attached hydrogens (tertiary/aromatic N) is 1. The molecule has 0 fully saturated rings. The Morgan fingerprint density at radius 2 is 2.17 bits per heavy atom. The van der Waals surface area contributed by atoms with Crippen LogP contribution in [0.2, 0.25) is 5.02 Å². The van der Waals surface area contributed by atoms with Crippen molar-refractivity contribution < 1.29 is 4.79 Å². The molecule has 0 atom stereocenters. The maximum absolute atomic E-state index is 11.9. The number of aromatic amines is 2. The van der Waals surface area contributed by atoms with E-state index in [1.165, 1.54) is 17.5 Å². The number of aryl methyl sites for hydroxylation is 1. The molecule has 3 N–H and O–H groups in total. The molecule has 0 spiro atoms. The number of nitrogens with one attached hydrogen (secondary N) is 3. The minimum atomic E-state index is -0.412. The molecule has 2 heterocycles. The molecule has 0 aliphatic rings. The van der Waals surface area contributed by atoms with Crippen molar-refractivity contribution in [2.75, 3.05) is 0 Å². The van der Waals surface area contributed by atoms with Gasteiger partial charge in [-0.15, -0.1) is 11.3 Å². The lowest BCUT2D eigenvalue weighted by molar-refractivity contribution is 0.0946. The highest BCUT2D eigenvalue weighted by atomic mass is 35.5. The molecule has 118 valence electrons. The van der Waals surface area contributed by atoms with Gasteiger partial charge in [0.15, 0.2) is 0 Å². The third-order valence-electron chi connectivity index (χ3n) is 3.25. The average Bonchev–Trinajstić information content (AvgIpc) is 3.11. The van der Waals surface area contributed by atoms with Crippen molar-refractivity contribution in [1.82, 2.24) is 20.3 Å². The number of benzene rings is 1. The van der Waals surface area contributed by atoms with Gasteiger partial charge in [0.1, 0.15) is 10.7 Å². The maximum atomic E-state index is 11.9. The van der Waals surface area contributed by atoms with E-state index in [0.717, 1.165) is 21.1 Å². The summed E-state index contributed by atoms with van der Waals surface area (Å²) >= 11 is 7.67. The van der Waals surface area contributed by atoms with Crippen molar-refractivity contribution in [3.63, 3.8) is 0 Å². The zero-order valence-corrected chi connectivity index (χ0v) is 13.7. The van der Waals surface area contributed by atoms with E-state index in [2.05, 4.69) is 20.3 Å². The molecule has 0 aliphatic carbocycles. The standard InChI is InChI=1S/C15H13ClN4O2S/c1-8-12(7-17-13(21)11-6-18-15(22)20-11)23-14(19-8)9-4-2-3-5-10(9)16/h2-6H,7H2,1H3,(H,17,21)(H2,18,20,22). The molecule has 0 saturated heterocycles. The summed E-state index contributed by atoms with van der Waals surface area (Å²) in [5.41, 5.74) is 1.50. The number of H-pyrrole nitrogens is 2. The molecule has 3 rings (SSSR count). The van der Waals surface area contributed by atoms with E-state index in [0.29, 0.717) is 11.6 Å². The van der Waals surface area contributed by atoms with E-state index >= 15 is 0 Å². The second-order valence-corrected chi connectivity index (χ2v) is 6.34. The summed E-state index contributed by atoms with van der Waals surface area (Å²) in [6.07, 6.45) is 1.34. The first-order valence-corrected chi connectivity index (χ1v) is 8.01. The Labute approximate surface area is 140 Å². The van der Waals surface area contributed by atoms with Crippen molar-refractivity contribution in [1.29, 1.82) is 0 Å². The highest BCUT2D eigenvalue weighted by Crippen LogP contribution is 2.32. The van der Waals surface area contributed by atoms with Gasteiger partial charge in [0, 0.05) is 16.6 Å². The van der Waals surface area contributed by atoms with Gasteiger partial charge in [-0.05, 0) is 13.0 Å². The molecule has 2 aromatic heterocycles. The summed E-state index contributed by atoms with van der Waals surface area (Å²) < 4.78 is 0. The van der Waals surface area contributed by atoms with E-state index in [9.17, 15) is 9.59 Å². The summed E-state index contributed by atoms with van der Waals surface area (Å²) in [7, 11) is 0. The van der Waals surface area contributed by atoms with Gasteiger partial charge in [-0.2, -0.15) is 0 Å². The van der Waals surface area contributed by atoms with Gasteiger partial charge in [0.2, 0.25) is 0 Å². The quantitative estimate of drug-likeness (QED) is 0.677. The SMILES string of the molecule is Cc1nc(-c2ccccc2Cl)sc1CNC(=O)c1c[nH]c(=O)[nH]1. The van der Waals surface area contributed by atoms with E-state index in [4.69, 9.17) is 11.6 Å². The number of amides is 1. The third kappa shape index (κ3) is 3.35. The van der Waals surface area contributed by atoms with Crippen LogP contribution in [-0.4, -0.2) is 20.9 Å². The van der Waals surface area contributed by atoms with Crippen LogP contribution in [0.3, 0.4) is 0 Å². The molecule has 3 aromatic rings. The van der Waals surface area contributed by atoms with Crippen LogP contribution in [-0.2, 0) is 6.54 Å². The Morgan fingerprint density at radius 3 is 2.87 bits per heavy atom. The summed E-state index contributed by atoms with van der Waals surface area (Å²) in [5, 5.41) is 4.21. The van der Waals surface area contributed by atoms with Crippen LogP contribution in [0.4, 0.5) is 0 Å². The molecule has 0 aliphatic heterocycles. The Balaban J connectivity index is 1.76. The highest BCUT2D eigenvalue weighted by Gasteiger charge is 2.13. The average molecular weight is 349 g/mol. The van der Waals surface area contributed by atoms with E-state index in [1.54, 1.807) is 0 Å². The normalized spacial score (nSPS) is 10.7. The number of thiazole rings is 1. The molecule has 0 saturated carbocycles. The van der Waals surface area contributed by atoms with Crippen LogP contribution in [0, 0.1) is 6.92 Å². The number of rotatable bonds is 4. The first-order valence-electron chi connectivity index (χ1n) is 6.81. The van der Waals surface area contributed by atoms with Crippen molar-refractivity contribution in [2.45, 2.75) is 13.5 Å². The lowest BCUT2D eigenvalue weighted by Crippen LogP contribution is -2.23. The monoisotopic (exact) mass is 348 g/mol. The van der Waals surface area contributed by atoms with Crippen molar-refractivity contribution in [2.24, 2.45) is 0 Å². The number of imidazole rings is 1. The zero-order chi connectivity index (χ0) is 16.4. The van der Waals surface area contributed by atoms with Gasteiger partial charge in [-0.1, -0.05) is 29.8 Å². The number of halogens is 1. The van der Waals surface area contributed by atoms with E-state index in [-0.39, 0.29) is 11.6 Å². The van der Waals surface area contributed by atoms with E-state index < -0.39 is 5.69 Å². The second-order valence-electron chi connectivity index (χ2n) is 4.85. The first-order chi connectivity index (χ1) is 11.0.